The first-order valence-electron chi connectivity index (χ1n) is 14.8. The van der Waals surface area contributed by atoms with Crippen LogP contribution in [0, 0.1) is 0 Å². The first-order valence-corrected chi connectivity index (χ1v) is 14.8. The van der Waals surface area contributed by atoms with Crippen LogP contribution in [-0.4, -0.2) is 32.5 Å². The highest BCUT2D eigenvalue weighted by Gasteiger charge is 2.34. The van der Waals surface area contributed by atoms with Crippen LogP contribution in [0.5, 0.6) is 0 Å². The molecule has 2 heterocycles. The number of fused-ring (bicyclic) bond motifs is 2. The van der Waals surface area contributed by atoms with Crippen molar-refractivity contribution in [1.82, 2.24) is 9.13 Å². The van der Waals surface area contributed by atoms with Crippen LogP contribution in [0.15, 0.2) is 109 Å². The highest BCUT2D eigenvalue weighted by atomic mass is 16.6. The molecule has 2 aromatic heterocycles. The molecule has 4 aromatic carbocycles. The summed E-state index contributed by atoms with van der Waals surface area (Å²) in [7, 11) is 0. The summed E-state index contributed by atoms with van der Waals surface area (Å²) < 4.78 is 15.3. The smallest absolute Gasteiger partial charge is 0.419 e. The van der Waals surface area contributed by atoms with Crippen LogP contribution in [0.1, 0.15) is 41.5 Å². The number of carbonyl (C=O) groups is 2. The van der Waals surface area contributed by atoms with E-state index in [1.807, 2.05) is 151 Å². The molecule has 0 unspecified atom stereocenters. The highest BCUT2D eigenvalue weighted by Crippen LogP contribution is 2.48. The summed E-state index contributed by atoms with van der Waals surface area (Å²) in [5.74, 6) is 0. The minimum atomic E-state index is -0.757. The molecule has 6 rings (SSSR count). The van der Waals surface area contributed by atoms with Crippen molar-refractivity contribution >= 4 is 34.0 Å². The van der Waals surface area contributed by atoms with E-state index in [2.05, 4.69) is 0 Å². The number of hydrogen-bond acceptors (Lipinski definition) is 4. The van der Waals surface area contributed by atoms with Gasteiger partial charge >= 0.3 is 12.2 Å². The van der Waals surface area contributed by atoms with Gasteiger partial charge < -0.3 is 9.47 Å². The molecule has 222 valence electrons. The van der Waals surface area contributed by atoms with Gasteiger partial charge in [-0.05, 0) is 64.8 Å². The number of carbonyl (C=O) groups excluding carboxylic acids is 2. The lowest BCUT2D eigenvalue weighted by molar-refractivity contribution is 0.0527. The second-order valence-corrected chi connectivity index (χ2v) is 12.8. The van der Waals surface area contributed by atoms with Gasteiger partial charge in [0.25, 0.3) is 0 Å². The second kappa shape index (κ2) is 10.9. The maximum Gasteiger partial charge on any atom is 0.419 e. The Labute approximate surface area is 257 Å². The maximum absolute atomic E-state index is 14.3. The minimum absolute atomic E-state index is 0.536. The van der Waals surface area contributed by atoms with E-state index in [9.17, 15) is 9.59 Å². The standard InChI is InChI=1S/C38H36N2O4/c1-37(2,3)43-35(41)39-29-23-15-13-21-27(29)31(25-17-9-7-10-18-25)33(39)34-32(26-19-11-8-12-20-26)28-22-14-16-24-30(28)40(34)36(42)44-38(4,5)6/h7-24H,1-6H3. The van der Waals surface area contributed by atoms with Crippen molar-refractivity contribution in [3.63, 3.8) is 0 Å². The zero-order chi connectivity index (χ0) is 31.2. The first kappa shape index (κ1) is 29.0. The number of benzene rings is 4. The van der Waals surface area contributed by atoms with Crippen LogP contribution >= 0.6 is 0 Å². The fraction of sp³-hybridized carbons (Fsp3) is 0.211. The topological polar surface area (TPSA) is 62.5 Å². The summed E-state index contributed by atoms with van der Waals surface area (Å²) in [4.78, 5) is 28.6. The van der Waals surface area contributed by atoms with E-state index in [4.69, 9.17) is 9.47 Å². The van der Waals surface area contributed by atoms with Gasteiger partial charge in [0.2, 0.25) is 0 Å². The van der Waals surface area contributed by atoms with Gasteiger partial charge in [0.05, 0.1) is 22.4 Å². The second-order valence-electron chi connectivity index (χ2n) is 12.8. The van der Waals surface area contributed by atoms with Crippen molar-refractivity contribution < 1.29 is 19.1 Å². The zero-order valence-electron chi connectivity index (χ0n) is 25.9. The van der Waals surface area contributed by atoms with Crippen LogP contribution in [-0.2, 0) is 9.47 Å². The Kier molecular flexibility index (Phi) is 7.16. The Morgan fingerprint density at radius 1 is 0.477 bits per heavy atom. The van der Waals surface area contributed by atoms with Gasteiger partial charge in [0.15, 0.2) is 0 Å². The van der Waals surface area contributed by atoms with E-state index < -0.39 is 23.4 Å². The van der Waals surface area contributed by atoms with Crippen molar-refractivity contribution in [1.29, 1.82) is 0 Å². The molecule has 0 aliphatic heterocycles. The maximum atomic E-state index is 14.3. The molecule has 6 heteroatoms. The van der Waals surface area contributed by atoms with E-state index in [0.717, 1.165) is 33.0 Å². The van der Waals surface area contributed by atoms with Crippen LogP contribution in [0.3, 0.4) is 0 Å². The lowest BCUT2D eigenvalue weighted by Crippen LogP contribution is -2.29. The van der Waals surface area contributed by atoms with Crippen molar-refractivity contribution in [2.75, 3.05) is 0 Å². The van der Waals surface area contributed by atoms with Gasteiger partial charge in [0.1, 0.15) is 11.2 Å². The Hall–Kier alpha value is -5.10. The number of ether oxygens (including phenoxy) is 2. The SMILES string of the molecule is CC(C)(C)OC(=O)n1c(-c2c(-c3ccccc3)c3ccccc3n2C(=O)OC(C)(C)C)c(-c2ccccc2)c2ccccc21. The summed E-state index contributed by atoms with van der Waals surface area (Å²) in [5.41, 5.74) is 4.38. The normalized spacial score (nSPS) is 12.0. The molecule has 0 aliphatic rings. The molecule has 44 heavy (non-hydrogen) atoms. The molecule has 0 aliphatic carbocycles. The number of rotatable bonds is 3. The van der Waals surface area contributed by atoms with Crippen molar-refractivity contribution in [3.05, 3.63) is 109 Å². The number of aromatic nitrogens is 2. The monoisotopic (exact) mass is 584 g/mol. The van der Waals surface area contributed by atoms with Gasteiger partial charge in [0, 0.05) is 21.9 Å². The predicted molar refractivity (Wildman–Crippen MR) is 177 cm³/mol. The molecule has 0 N–H and O–H groups in total. The van der Waals surface area contributed by atoms with E-state index in [1.54, 1.807) is 9.13 Å². The van der Waals surface area contributed by atoms with Crippen LogP contribution in [0.4, 0.5) is 9.59 Å². The Balaban J connectivity index is 1.86. The third kappa shape index (κ3) is 5.28. The van der Waals surface area contributed by atoms with Crippen molar-refractivity contribution in [3.8, 4) is 33.6 Å². The molecule has 0 amide bonds. The highest BCUT2D eigenvalue weighted by molar-refractivity contribution is 6.15. The summed E-state index contributed by atoms with van der Waals surface area (Å²) >= 11 is 0. The van der Waals surface area contributed by atoms with Crippen LogP contribution in [0.25, 0.3) is 55.4 Å². The summed E-state index contributed by atoms with van der Waals surface area (Å²) in [6, 6.07) is 35.5. The van der Waals surface area contributed by atoms with Gasteiger partial charge in [-0.25, -0.2) is 18.7 Å². The fourth-order valence-electron chi connectivity index (χ4n) is 5.72. The Morgan fingerprint density at radius 2 is 0.795 bits per heavy atom. The molecule has 0 atom stereocenters. The number of hydrogen-bond donors (Lipinski definition) is 0. The molecule has 0 spiro atoms. The van der Waals surface area contributed by atoms with Gasteiger partial charge in [-0.2, -0.15) is 0 Å². The number of nitrogens with zero attached hydrogens (tertiary/aromatic N) is 2. The first-order chi connectivity index (χ1) is 20.9. The van der Waals surface area contributed by atoms with E-state index in [0.29, 0.717) is 22.4 Å². The molecule has 0 saturated carbocycles. The largest absolute Gasteiger partial charge is 0.443 e. The Morgan fingerprint density at radius 3 is 1.14 bits per heavy atom. The summed E-state index contributed by atoms with van der Waals surface area (Å²) in [5, 5.41) is 1.72. The number of para-hydroxylation sites is 2. The summed E-state index contributed by atoms with van der Waals surface area (Å²) in [6.07, 6.45) is -1.07. The third-order valence-electron chi connectivity index (χ3n) is 7.25. The molecular formula is C38H36N2O4. The fourth-order valence-corrected chi connectivity index (χ4v) is 5.72. The lowest BCUT2D eigenvalue weighted by Gasteiger charge is -2.23. The molecule has 6 nitrogen and oxygen atoms in total. The molecule has 6 aromatic rings. The van der Waals surface area contributed by atoms with Gasteiger partial charge in [-0.1, -0.05) is 97.1 Å². The lowest BCUT2D eigenvalue weighted by atomic mass is 9.96. The predicted octanol–water partition coefficient (Wildman–Crippen LogP) is 10.2. The van der Waals surface area contributed by atoms with Gasteiger partial charge in [-0.15, -0.1) is 0 Å². The third-order valence-corrected chi connectivity index (χ3v) is 7.25. The average Bonchev–Trinajstić information content (AvgIpc) is 3.49. The van der Waals surface area contributed by atoms with Gasteiger partial charge in [-0.3, -0.25) is 0 Å². The van der Waals surface area contributed by atoms with E-state index >= 15 is 0 Å². The molecule has 0 saturated heterocycles. The summed E-state index contributed by atoms with van der Waals surface area (Å²) in [6.45, 7) is 11.1. The zero-order valence-corrected chi connectivity index (χ0v) is 25.9. The molecule has 0 fully saturated rings. The van der Waals surface area contributed by atoms with E-state index in [-0.39, 0.29) is 0 Å². The van der Waals surface area contributed by atoms with Crippen molar-refractivity contribution in [2.24, 2.45) is 0 Å². The quantitative estimate of drug-likeness (QED) is 0.208. The van der Waals surface area contributed by atoms with Crippen LogP contribution in [0.2, 0.25) is 0 Å². The molecule has 0 radical (unpaired) electrons. The average molecular weight is 585 g/mol. The van der Waals surface area contributed by atoms with E-state index in [1.165, 1.54) is 0 Å². The Bertz CT molecular complexity index is 1860. The van der Waals surface area contributed by atoms with Crippen molar-refractivity contribution in [2.45, 2.75) is 52.7 Å². The molecule has 0 bridgehead atoms. The minimum Gasteiger partial charge on any atom is -0.443 e. The molecular weight excluding hydrogens is 548 g/mol. The van der Waals surface area contributed by atoms with Crippen LogP contribution < -0.4 is 0 Å².